The maximum absolute atomic E-state index is 14.1. The topological polar surface area (TPSA) is 78.3 Å². The van der Waals surface area contributed by atoms with Crippen LogP contribution in [0.5, 0.6) is 11.5 Å². The van der Waals surface area contributed by atoms with Crippen LogP contribution in [0.3, 0.4) is 0 Å². The third-order valence-corrected chi connectivity index (χ3v) is 6.77. The Morgan fingerprint density at radius 1 is 1.00 bits per heavy atom. The van der Waals surface area contributed by atoms with E-state index in [0.717, 1.165) is 5.56 Å². The van der Waals surface area contributed by atoms with Crippen LogP contribution in [0.2, 0.25) is 0 Å². The van der Waals surface area contributed by atoms with Crippen molar-refractivity contribution in [3.8, 4) is 11.5 Å². The van der Waals surface area contributed by atoms with E-state index >= 15 is 0 Å². The zero-order valence-corrected chi connectivity index (χ0v) is 21.1. The standard InChI is InChI=1S/C27H27FN4O3S/c1-32-25(30-31-27(32)36-17-19-11-7-8-12-23(19)28)24(13-18-9-5-4-6-10-18)29-26(33)20-14-21(34-2)16-22(15-20)35-3/h4-12,14-16,24H,13,17H2,1-3H3,(H,29,33). The molecule has 1 amide bonds. The summed E-state index contributed by atoms with van der Waals surface area (Å²) < 4.78 is 26.5. The summed E-state index contributed by atoms with van der Waals surface area (Å²) in [6, 6.07) is 21.1. The van der Waals surface area contributed by atoms with Gasteiger partial charge in [-0.05, 0) is 35.7 Å². The molecule has 4 aromatic rings. The van der Waals surface area contributed by atoms with Crippen LogP contribution >= 0.6 is 11.8 Å². The number of carbonyl (C=O) groups excluding carboxylic acids is 1. The van der Waals surface area contributed by atoms with E-state index in [0.29, 0.717) is 45.8 Å². The minimum Gasteiger partial charge on any atom is -0.497 e. The summed E-state index contributed by atoms with van der Waals surface area (Å²) in [7, 11) is 4.92. The van der Waals surface area contributed by atoms with Gasteiger partial charge in [0.25, 0.3) is 5.91 Å². The van der Waals surface area contributed by atoms with Crippen molar-refractivity contribution in [2.75, 3.05) is 14.2 Å². The van der Waals surface area contributed by atoms with Crippen LogP contribution in [-0.2, 0) is 19.2 Å². The lowest BCUT2D eigenvalue weighted by atomic mass is 10.0. The second-order valence-corrected chi connectivity index (χ2v) is 9.04. The first kappa shape index (κ1) is 25.2. The molecule has 1 N–H and O–H groups in total. The van der Waals surface area contributed by atoms with Crippen LogP contribution in [0.25, 0.3) is 0 Å². The molecular formula is C27H27FN4O3S. The van der Waals surface area contributed by atoms with E-state index in [4.69, 9.17) is 9.47 Å². The molecule has 186 valence electrons. The molecule has 36 heavy (non-hydrogen) atoms. The van der Waals surface area contributed by atoms with Gasteiger partial charge in [0.15, 0.2) is 11.0 Å². The summed E-state index contributed by atoms with van der Waals surface area (Å²) in [6.45, 7) is 0. The molecule has 0 aliphatic carbocycles. The molecule has 0 radical (unpaired) electrons. The summed E-state index contributed by atoms with van der Waals surface area (Å²) in [6.07, 6.45) is 0.512. The number of nitrogens with zero attached hydrogens (tertiary/aromatic N) is 3. The number of hydrogen-bond acceptors (Lipinski definition) is 6. The highest BCUT2D eigenvalue weighted by atomic mass is 32.2. The molecule has 0 spiro atoms. The SMILES string of the molecule is COc1cc(OC)cc(C(=O)NC(Cc2ccccc2)c2nnc(SCc3ccccc3F)n2C)c1. The molecule has 1 heterocycles. The van der Waals surface area contributed by atoms with Crippen molar-refractivity contribution in [3.05, 3.63) is 101 Å². The van der Waals surface area contributed by atoms with Crippen molar-refractivity contribution in [1.82, 2.24) is 20.1 Å². The first-order valence-corrected chi connectivity index (χ1v) is 12.3. The Kier molecular flexibility index (Phi) is 8.22. The molecule has 0 saturated carbocycles. The molecule has 3 aromatic carbocycles. The number of thioether (sulfide) groups is 1. The molecule has 9 heteroatoms. The first-order valence-electron chi connectivity index (χ1n) is 11.3. The predicted octanol–water partition coefficient (Wildman–Crippen LogP) is 4.98. The minimum atomic E-state index is -0.461. The fourth-order valence-corrected chi connectivity index (χ4v) is 4.65. The largest absolute Gasteiger partial charge is 0.497 e. The highest BCUT2D eigenvalue weighted by Gasteiger charge is 2.24. The van der Waals surface area contributed by atoms with Crippen LogP contribution in [0, 0.1) is 5.82 Å². The number of halogens is 1. The maximum atomic E-state index is 14.1. The summed E-state index contributed by atoms with van der Waals surface area (Å²) in [5, 5.41) is 12.4. The van der Waals surface area contributed by atoms with Crippen molar-refractivity contribution >= 4 is 17.7 Å². The van der Waals surface area contributed by atoms with Crippen molar-refractivity contribution in [2.45, 2.75) is 23.4 Å². The van der Waals surface area contributed by atoms with Crippen molar-refractivity contribution in [1.29, 1.82) is 0 Å². The van der Waals surface area contributed by atoms with Gasteiger partial charge in [0.2, 0.25) is 0 Å². The van der Waals surface area contributed by atoms with Gasteiger partial charge in [0.05, 0.1) is 20.3 Å². The van der Waals surface area contributed by atoms with Gasteiger partial charge >= 0.3 is 0 Å². The van der Waals surface area contributed by atoms with Gasteiger partial charge in [-0.15, -0.1) is 10.2 Å². The Morgan fingerprint density at radius 2 is 1.67 bits per heavy atom. The number of benzene rings is 3. The molecule has 1 atom stereocenters. The highest BCUT2D eigenvalue weighted by molar-refractivity contribution is 7.98. The fourth-order valence-electron chi connectivity index (χ4n) is 3.75. The van der Waals surface area contributed by atoms with Crippen molar-refractivity contribution in [3.63, 3.8) is 0 Å². The Balaban J connectivity index is 1.59. The molecule has 0 fully saturated rings. The number of aromatic nitrogens is 3. The smallest absolute Gasteiger partial charge is 0.252 e. The number of hydrogen-bond donors (Lipinski definition) is 1. The second kappa shape index (κ2) is 11.7. The molecule has 0 aliphatic rings. The number of rotatable bonds is 10. The summed E-state index contributed by atoms with van der Waals surface area (Å²) in [5.74, 6) is 1.50. The van der Waals surface area contributed by atoms with E-state index in [1.807, 2.05) is 41.9 Å². The van der Waals surface area contributed by atoms with E-state index in [-0.39, 0.29) is 11.7 Å². The Labute approximate surface area is 213 Å². The number of nitrogens with one attached hydrogen (secondary N) is 1. The first-order chi connectivity index (χ1) is 17.5. The summed E-state index contributed by atoms with van der Waals surface area (Å²) in [4.78, 5) is 13.3. The predicted molar refractivity (Wildman–Crippen MR) is 137 cm³/mol. The number of ether oxygens (including phenoxy) is 2. The fraction of sp³-hybridized carbons (Fsp3) is 0.222. The average Bonchev–Trinajstić information content (AvgIpc) is 3.27. The van der Waals surface area contributed by atoms with Gasteiger partial charge < -0.3 is 19.4 Å². The lowest BCUT2D eigenvalue weighted by Crippen LogP contribution is -2.32. The average molecular weight is 507 g/mol. The Morgan fingerprint density at radius 3 is 2.33 bits per heavy atom. The molecule has 0 bridgehead atoms. The van der Waals surface area contributed by atoms with Gasteiger partial charge in [0.1, 0.15) is 17.3 Å². The maximum Gasteiger partial charge on any atom is 0.252 e. The second-order valence-electron chi connectivity index (χ2n) is 8.10. The molecule has 7 nitrogen and oxygen atoms in total. The van der Waals surface area contributed by atoms with E-state index in [1.165, 1.54) is 32.0 Å². The van der Waals surface area contributed by atoms with Crippen LogP contribution in [0.1, 0.15) is 33.4 Å². The van der Waals surface area contributed by atoms with Gasteiger partial charge in [-0.3, -0.25) is 4.79 Å². The zero-order valence-electron chi connectivity index (χ0n) is 20.3. The number of amides is 1. The number of carbonyl (C=O) groups is 1. The molecular weight excluding hydrogens is 479 g/mol. The van der Waals surface area contributed by atoms with Crippen molar-refractivity contribution in [2.24, 2.45) is 7.05 Å². The third-order valence-electron chi connectivity index (χ3n) is 5.70. The quantitative estimate of drug-likeness (QED) is 0.306. The van der Waals surface area contributed by atoms with Gasteiger partial charge in [0, 0.05) is 24.4 Å². The zero-order chi connectivity index (χ0) is 25.5. The third kappa shape index (κ3) is 6.04. The monoisotopic (exact) mass is 506 g/mol. The Hall–Kier alpha value is -3.85. The van der Waals surface area contributed by atoms with Crippen LogP contribution < -0.4 is 14.8 Å². The Bertz CT molecular complexity index is 1310. The molecule has 1 unspecified atom stereocenters. The van der Waals surface area contributed by atoms with Crippen LogP contribution in [0.15, 0.2) is 78.0 Å². The van der Waals surface area contributed by atoms with Crippen LogP contribution in [0.4, 0.5) is 4.39 Å². The van der Waals surface area contributed by atoms with Gasteiger partial charge in [-0.25, -0.2) is 4.39 Å². The van der Waals surface area contributed by atoms with E-state index in [9.17, 15) is 9.18 Å². The van der Waals surface area contributed by atoms with Gasteiger partial charge in [-0.1, -0.05) is 60.3 Å². The van der Waals surface area contributed by atoms with Crippen LogP contribution in [-0.4, -0.2) is 34.9 Å². The highest BCUT2D eigenvalue weighted by Crippen LogP contribution is 2.27. The minimum absolute atomic E-state index is 0.254. The number of methoxy groups -OCH3 is 2. The normalized spacial score (nSPS) is 11.7. The summed E-state index contributed by atoms with van der Waals surface area (Å²) in [5.41, 5.74) is 2.03. The molecule has 1 aromatic heterocycles. The molecule has 0 saturated heterocycles. The van der Waals surface area contributed by atoms with E-state index < -0.39 is 6.04 Å². The van der Waals surface area contributed by atoms with E-state index in [2.05, 4.69) is 15.5 Å². The summed E-state index contributed by atoms with van der Waals surface area (Å²) >= 11 is 1.39. The van der Waals surface area contributed by atoms with Crippen molar-refractivity contribution < 1.29 is 18.7 Å². The van der Waals surface area contributed by atoms with E-state index in [1.54, 1.807) is 36.4 Å². The lowest BCUT2D eigenvalue weighted by molar-refractivity contribution is 0.0933. The molecule has 0 aliphatic heterocycles. The van der Waals surface area contributed by atoms with Gasteiger partial charge in [-0.2, -0.15) is 0 Å². The lowest BCUT2D eigenvalue weighted by Gasteiger charge is -2.19. The molecule has 4 rings (SSSR count).